The van der Waals surface area contributed by atoms with Crippen LogP contribution in [0.15, 0.2) is 59.2 Å². The number of ketones is 1. The number of nitrogens with two attached hydrogens (primary N) is 1. The van der Waals surface area contributed by atoms with Crippen molar-refractivity contribution in [2.45, 2.75) is 19.3 Å². The van der Waals surface area contributed by atoms with Crippen LogP contribution in [-0.2, 0) is 10.2 Å². The zero-order chi connectivity index (χ0) is 16.4. The Balaban J connectivity index is 2.23. The van der Waals surface area contributed by atoms with Gasteiger partial charge < -0.3 is 10.5 Å². The SMILES string of the molecule is CC1=C(C)C2(C(=O)c3cccc4cccc2c34)C(C#N)=C(N)O1. The lowest BCUT2D eigenvalue weighted by atomic mass is 9.67. The first kappa shape index (κ1) is 13.6. The van der Waals surface area contributed by atoms with Crippen molar-refractivity contribution in [3.8, 4) is 6.07 Å². The normalized spacial score (nSPS) is 22.7. The Morgan fingerprint density at radius 1 is 1.17 bits per heavy atom. The maximum atomic E-state index is 13.4. The molecular weight excluding hydrogens is 288 g/mol. The van der Waals surface area contributed by atoms with Gasteiger partial charge in [-0.15, -0.1) is 0 Å². The van der Waals surface area contributed by atoms with Crippen molar-refractivity contribution >= 4 is 16.6 Å². The van der Waals surface area contributed by atoms with Crippen LogP contribution in [0, 0.1) is 11.3 Å². The summed E-state index contributed by atoms with van der Waals surface area (Å²) in [6.45, 7) is 3.61. The van der Waals surface area contributed by atoms with E-state index in [9.17, 15) is 10.1 Å². The van der Waals surface area contributed by atoms with Crippen LogP contribution < -0.4 is 5.73 Å². The minimum absolute atomic E-state index is 0.00811. The fraction of sp³-hybridized carbons (Fsp3) is 0.158. The predicted molar refractivity (Wildman–Crippen MR) is 86.2 cm³/mol. The number of Topliss-reactive ketones (excluding diaryl/α,β-unsaturated/α-hetero) is 1. The second-order valence-electron chi connectivity index (χ2n) is 5.92. The van der Waals surface area contributed by atoms with Gasteiger partial charge in [-0.25, -0.2) is 0 Å². The molecule has 4 rings (SSSR count). The van der Waals surface area contributed by atoms with Gasteiger partial charge in [-0.3, -0.25) is 4.79 Å². The van der Waals surface area contributed by atoms with Gasteiger partial charge in [0.25, 0.3) is 0 Å². The quantitative estimate of drug-likeness (QED) is 0.810. The average molecular weight is 302 g/mol. The number of nitriles is 1. The molecule has 0 aromatic heterocycles. The summed E-state index contributed by atoms with van der Waals surface area (Å²) >= 11 is 0. The molecule has 1 unspecified atom stereocenters. The van der Waals surface area contributed by atoms with E-state index < -0.39 is 5.41 Å². The molecule has 0 radical (unpaired) electrons. The molecular formula is C19H14N2O2. The molecule has 2 aromatic rings. The average Bonchev–Trinajstić information content (AvgIpc) is 2.79. The molecule has 0 fully saturated rings. The van der Waals surface area contributed by atoms with Gasteiger partial charge in [0.2, 0.25) is 5.88 Å². The Morgan fingerprint density at radius 3 is 2.57 bits per heavy atom. The maximum absolute atomic E-state index is 13.4. The number of benzene rings is 2. The minimum atomic E-state index is -1.16. The summed E-state index contributed by atoms with van der Waals surface area (Å²) in [6.07, 6.45) is 0. The number of carbonyl (C=O) groups is 1. The van der Waals surface area contributed by atoms with E-state index in [0.29, 0.717) is 11.3 Å². The Kier molecular flexibility index (Phi) is 2.50. The maximum Gasteiger partial charge on any atom is 0.205 e. The first-order chi connectivity index (χ1) is 11.0. The molecule has 2 aliphatic rings. The summed E-state index contributed by atoms with van der Waals surface area (Å²) in [7, 11) is 0. The molecule has 0 saturated heterocycles. The number of fused-ring (bicyclic) bond motifs is 1. The Bertz CT molecular complexity index is 1000. The summed E-state index contributed by atoms with van der Waals surface area (Å²) in [6, 6.07) is 13.6. The Labute approximate surface area is 133 Å². The van der Waals surface area contributed by atoms with Crippen LogP contribution in [-0.4, -0.2) is 5.78 Å². The molecule has 1 aliphatic carbocycles. The second kappa shape index (κ2) is 4.23. The molecule has 1 atom stereocenters. The molecule has 4 heteroatoms. The highest BCUT2D eigenvalue weighted by Gasteiger charge is 2.55. The van der Waals surface area contributed by atoms with E-state index in [4.69, 9.17) is 10.5 Å². The van der Waals surface area contributed by atoms with Gasteiger partial charge in [-0.1, -0.05) is 36.4 Å². The van der Waals surface area contributed by atoms with E-state index in [1.165, 1.54) is 0 Å². The van der Waals surface area contributed by atoms with E-state index in [0.717, 1.165) is 21.9 Å². The second-order valence-corrected chi connectivity index (χ2v) is 5.92. The topological polar surface area (TPSA) is 76.1 Å². The van der Waals surface area contributed by atoms with Crippen LogP contribution in [0.4, 0.5) is 0 Å². The van der Waals surface area contributed by atoms with Crippen LogP contribution in [0.3, 0.4) is 0 Å². The molecule has 1 aliphatic heterocycles. The molecule has 0 saturated carbocycles. The highest BCUT2D eigenvalue weighted by Crippen LogP contribution is 2.53. The summed E-state index contributed by atoms with van der Waals surface area (Å²) < 4.78 is 5.49. The van der Waals surface area contributed by atoms with Gasteiger partial charge in [0.05, 0.1) is 0 Å². The minimum Gasteiger partial charge on any atom is -0.445 e. The number of hydrogen-bond acceptors (Lipinski definition) is 4. The number of allylic oxidation sites excluding steroid dienone is 3. The lowest BCUT2D eigenvalue weighted by molar-refractivity contribution is 0.0928. The van der Waals surface area contributed by atoms with Crippen molar-refractivity contribution in [2.75, 3.05) is 0 Å². The van der Waals surface area contributed by atoms with Gasteiger partial charge >= 0.3 is 0 Å². The monoisotopic (exact) mass is 302 g/mol. The first-order valence-electron chi connectivity index (χ1n) is 7.36. The van der Waals surface area contributed by atoms with E-state index in [-0.39, 0.29) is 17.2 Å². The zero-order valence-electron chi connectivity index (χ0n) is 12.8. The fourth-order valence-electron chi connectivity index (χ4n) is 3.86. The lowest BCUT2D eigenvalue weighted by Gasteiger charge is -2.35. The molecule has 1 heterocycles. The number of hydrogen-bond donors (Lipinski definition) is 1. The number of carbonyl (C=O) groups excluding carboxylic acids is 1. The number of ether oxygens (including phenoxy) is 1. The summed E-state index contributed by atoms with van der Waals surface area (Å²) in [5.74, 6) is 0.470. The fourth-order valence-corrected chi connectivity index (χ4v) is 3.86. The van der Waals surface area contributed by atoms with Gasteiger partial charge in [0.1, 0.15) is 22.8 Å². The zero-order valence-corrected chi connectivity index (χ0v) is 12.8. The van der Waals surface area contributed by atoms with Crippen LogP contribution in [0.1, 0.15) is 29.8 Å². The first-order valence-corrected chi connectivity index (χ1v) is 7.36. The number of rotatable bonds is 0. The summed E-state index contributed by atoms with van der Waals surface area (Å²) in [5.41, 5.74) is 7.15. The van der Waals surface area contributed by atoms with Gasteiger partial charge in [0, 0.05) is 5.56 Å². The molecule has 0 bridgehead atoms. The van der Waals surface area contributed by atoms with Crippen molar-refractivity contribution in [3.63, 3.8) is 0 Å². The van der Waals surface area contributed by atoms with Crippen molar-refractivity contribution in [1.82, 2.24) is 0 Å². The molecule has 1 spiro atoms. The van der Waals surface area contributed by atoms with E-state index in [1.54, 1.807) is 6.92 Å². The van der Waals surface area contributed by atoms with E-state index in [2.05, 4.69) is 6.07 Å². The predicted octanol–water partition coefficient (Wildman–Crippen LogP) is 3.29. The Hall–Kier alpha value is -3.06. The third kappa shape index (κ3) is 1.37. The van der Waals surface area contributed by atoms with Crippen LogP contribution in [0.2, 0.25) is 0 Å². The molecule has 112 valence electrons. The van der Waals surface area contributed by atoms with Gasteiger partial charge in [0.15, 0.2) is 5.78 Å². The standard InChI is InChI=1S/C19H14N2O2/c1-10-11(2)23-18(21)15(9-20)19(10)14-8-4-6-12-5-3-7-13(16(12)14)17(19)22/h3-8H,21H2,1-2H3. The summed E-state index contributed by atoms with van der Waals surface area (Å²) in [5, 5.41) is 11.6. The highest BCUT2D eigenvalue weighted by atomic mass is 16.5. The molecule has 2 N–H and O–H groups in total. The third-order valence-electron chi connectivity index (χ3n) is 4.98. The molecule has 0 amide bonds. The summed E-state index contributed by atoms with van der Waals surface area (Å²) in [4.78, 5) is 13.4. The lowest BCUT2D eigenvalue weighted by Crippen LogP contribution is -2.40. The van der Waals surface area contributed by atoms with Gasteiger partial charge in [-0.05, 0) is 35.8 Å². The van der Waals surface area contributed by atoms with Crippen molar-refractivity contribution in [1.29, 1.82) is 5.26 Å². The van der Waals surface area contributed by atoms with Crippen LogP contribution >= 0.6 is 0 Å². The largest absolute Gasteiger partial charge is 0.445 e. The smallest absolute Gasteiger partial charge is 0.205 e. The third-order valence-corrected chi connectivity index (χ3v) is 4.98. The molecule has 4 nitrogen and oxygen atoms in total. The Morgan fingerprint density at radius 2 is 1.87 bits per heavy atom. The van der Waals surface area contributed by atoms with Crippen molar-refractivity contribution in [2.24, 2.45) is 5.73 Å². The van der Waals surface area contributed by atoms with Crippen molar-refractivity contribution < 1.29 is 9.53 Å². The van der Waals surface area contributed by atoms with E-state index >= 15 is 0 Å². The van der Waals surface area contributed by atoms with Crippen molar-refractivity contribution in [3.05, 3.63) is 70.3 Å². The van der Waals surface area contributed by atoms with Crippen LogP contribution in [0.5, 0.6) is 0 Å². The van der Waals surface area contributed by atoms with Gasteiger partial charge in [-0.2, -0.15) is 5.26 Å². The number of nitrogens with zero attached hydrogens (tertiary/aromatic N) is 1. The van der Waals surface area contributed by atoms with Crippen LogP contribution in [0.25, 0.3) is 10.8 Å². The van der Waals surface area contributed by atoms with E-state index in [1.807, 2.05) is 43.3 Å². The molecule has 2 aromatic carbocycles. The molecule has 23 heavy (non-hydrogen) atoms. The highest BCUT2D eigenvalue weighted by molar-refractivity contribution is 6.24.